The summed E-state index contributed by atoms with van der Waals surface area (Å²) in [5.41, 5.74) is 5.39. The molecule has 0 radical (unpaired) electrons. The van der Waals surface area contributed by atoms with E-state index in [-0.39, 0.29) is 5.91 Å². The number of amides is 1. The molecular weight excluding hydrogens is 216 g/mol. The molecule has 0 aliphatic carbocycles. The van der Waals surface area contributed by atoms with Gasteiger partial charge in [0.1, 0.15) is 11.3 Å². The fourth-order valence-corrected chi connectivity index (χ4v) is 1.52. The summed E-state index contributed by atoms with van der Waals surface area (Å²) in [7, 11) is 0. The molecule has 1 amide bonds. The van der Waals surface area contributed by atoms with E-state index in [0.717, 1.165) is 16.7 Å². The van der Waals surface area contributed by atoms with Crippen molar-refractivity contribution in [2.45, 2.75) is 25.9 Å². The van der Waals surface area contributed by atoms with Crippen molar-refractivity contribution < 1.29 is 9.21 Å². The lowest BCUT2D eigenvalue weighted by atomic mass is 10.1. The molecule has 0 aliphatic rings. The topological polar surface area (TPSA) is 68.3 Å². The average molecular weight is 232 g/mol. The third-order valence-electron chi connectivity index (χ3n) is 2.80. The summed E-state index contributed by atoms with van der Waals surface area (Å²) in [5.74, 6) is 0.411. The minimum Gasteiger partial charge on any atom is -0.460 e. The predicted molar refractivity (Wildman–Crippen MR) is 66.3 cm³/mol. The van der Waals surface area contributed by atoms with Crippen LogP contribution in [0.2, 0.25) is 0 Å². The fourth-order valence-electron chi connectivity index (χ4n) is 1.52. The number of para-hydroxylation sites is 1. The van der Waals surface area contributed by atoms with Crippen molar-refractivity contribution in [3.05, 3.63) is 36.1 Å². The Labute approximate surface area is 99.8 Å². The molecule has 4 heteroatoms. The van der Waals surface area contributed by atoms with E-state index in [4.69, 9.17) is 10.2 Å². The summed E-state index contributed by atoms with van der Waals surface area (Å²) in [6, 6.07) is 9.75. The van der Waals surface area contributed by atoms with Crippen molar-refractivity contribution in [3.8, 4) is 0 Å². The second-order valence-electron chi connectivity index (χ2n) is 4.59. The maximum Gasteiger partial charge on any atom is 0.237 e. The Hall–Kier alpha value is -1.81. The van der Waals surface area contributed by atoms with E-state index in [9.17, 15) is 4.79 Å². The molecule has 2 aromatic rings. The van der Waals surface area contributed by atoms with Gasteiger partial charge in [0.05, 0.1) is 12.1 Å². The van der Waals surface area contributed by atoms with Crippen LogP contribution in [-0.2, 0) is 11.3 Å². The smallest absolute Gasteiger partial charge is 0.237 e. The Kier molecular flexibility index (Phi) is 2.90. The number of hydrogen-bond donors (Lipinski definition) is 2. The fraction of sp³-hybridized carbons (Fsp3) is 0.308. The lowest BCUT2D eigenvalue weighted by Crippen LogP contribution is -2.50. The van der Waals surface area contributed by atoms with Crippen LogP contribution < -0.4 is 11.1 Å². The van der Waals surface area contributed by atoms with Gasteiger partial charge in [0, 0.05) is 5.39 Å². The number of fused-ring (bicyclic) bond motifs is 1. The Morgan fingerprint density at radius 2 is 2.12 bits per heavy atom. The second kappa shape index (κ2) is 4.22. The first-order chi connectivity index (χ1) is 7.99. The van der Waals surface area contributed by atoms with Crippen LogP contribution in [0.15, 0.2) is 34.7 Å². The lowest BCUT2D eigenvalue weighted by Gasteiger charge is -2.21. The highest BCUT2D eigenvalue weighted by Crippen LogP contribution is 2.19. The minimum absolute atomic E-state index is 0.381. The van der Waals surface area contributed by atoms with Gasteiger partial charge in [0.25, 0.3) is 0 Å². The highest BCUT2D eigenvalue weighted by atomic mass is 16.3. The molecule has 2 rings (SSSR count). The van der Waals surface area contributed by atoms with Gasteiger partial charge in [-0.25, -0.2) is 0 Å². The number of furan rings is 1. The standard InChI is InChI=1S/C13H16N2O2/c1-13(2,12(14)16)15-8-10-7-9-5-3-4-6-11(9)17-10/h3-7,15H,8H2,1-2H3,(H2,14,16). The van der Waals surface area contributed by atoms with Crippen molar-refractivity contribution >= 4 is 16.9 Å². The number of nitrogens with two attached hydrogens (primary N) is 1. The monoisotopic (exact) mass is 232 g/mol. The first-order valence-corrected chi connectivity index (χ1v) is 5.51. The van der Waals surface area contributed by atoms with Crippen LogP contribution >= 0.6 is 0 Å². The van der Waals surface area contributed by atoms with Crippen LogP contribution in [0.1, 0.15) is 19.6 Å². The van der Waals surface area contributed by atoms with Gasteiger partial charge in [-0.15, -0.1) is 0 Å². The zero-order chi connectivity index (χ0) is 12.5. The summed E-state index contributed by atoms with van der Waals surface area (Å²) in [6.45, 7) is 3.97. The molecule has 0 saturated heterocycles. The number of nitrogens with one attached hydrogen (secondary N) is 1. The van der Waals surface area contributed by atoms with E-state index in [1.54, 1.807) is 13.8 Å². The highest BCUT2D eigenvalue weighted by Gasteiger charge is 2.24. The van der Waals surface area contributed by atoms with E-state index < -0.39 is 5.54 Å². The number of benzene rings is 1. The first kappa shape index (κ1) is 11.7. The highest BCUT2D eigenvalue weighted by molar-refractivity contribution is 5.83. The molecule has 1 aromatic carbocycles. The lowest BCUT2D eigenvalue weighted by molar-refractivity contribution is -0.123. The molecular formula is C13H16N2O2. The molecule has 1 aromatic heterocycles. The summed E-state index contributed by atoms with van der Waals surface area (Å²) >= 11 is 0. The van der Waals surface area contributed by atoms with Crippen LogP contribution in [0.25, 0.3) is 11.0 Å². The maximum absolute atomic E-state index is 11.1. The van der Waals surface area contributed by atoms with Gasteiger partial charge in [-0.1, -0.05) is 18.2 Å². The van der Waals surface area contributed by atoms with Gasteiger partial charge >= 0.3 is 0 Å². The van der Waals surface area contributed by atoms with E-state index in [0.29, 0.717) is 6.54 Å². The van der Waals surface area contributed by atoms with Crippen LogP contribution in [0.4, 0.5) is 0 Å². The normalized spacial score (nSPS) is 11.9. The molecule has 90 valence electrons. The van der Waals surface area contributed by atoms with Gasteiger partial charge in [-0.05, 0) is 26.0 Å². The van der Waals surface area contributed by atoms with Crippen LogP contribution in [0.3, 0.4) is 0 Å². The number of rotatable bonds is 4. The van der Waals surface area contributed by atoms with Gasteiger partial charge < -0.3 is 10.2 Å². The van der Waals surface area contributed by atoms with Crippen molar-refractivity contribution in [2.75, 3.05) is 0 Å². The van der Waals surface area contributed by atoms with E-state index in [2.05, 4.69) is 5.32 Å². The van der Waals surface area contributed by atoms with Gasteiger partial charge in [-0.2, -0.15) is 0 Å². The molecule has 0 unspecified atom stereocenters. The van der Waals surface area contributed by atoms with Crippen molar-refractivity contribution in [1.82, 2.24) is 5.32 Å². The summed E-state index contributed by atoms with van der Waals surface area (Å²) in [4.78, 5) is 11.1. The SMILES string of the molecule is CC(C)(NCc1cc2ccccc2o1)C(N)=O. The second-order valence-corrected chi connectivity index (χ2v) is 4.59. The minimum atomic E-state index is -0.737. The molecule has 0 aliphatic heterocycles. The number of primary amides is 1. The molecule has 4 nitrogen and oxygen atoms in total. The molecule has 0 bridgehead atoms. The Morgan fingerprint density at radius 1 is 1.41 bits per heavy atom. The Balaban J connectivity index is 2.12. The zero-order valence-corrected chi connectivity index (χ0v) is 9.99. The van der Waals surface area contributed by atoms with Crippen molar-refractivity contribution in [3.63, 3.8) is 0 Å². The Morgan fingerprint density at radius 3 is 2.76 bits per heavy atom. The van der Waals surface area contributed by atoms with Gasteiger partial charge in [-0.3, -0.25) is 10.1 Å². The molecule has 1 heterocycles. The van der Waals surface area contributed by atoms with Crippen LogP contribution in [-0.4, -0.2) is 11.4 Å². The number of carbonyl (C=O) groups is 1. The van der Waals surface area contributed by atoms with Gasteiger partial charge in [0.15, 0.2) is 0 Å². The molecule has 0 fully saturated rings. The summed E-state index contributed by atoms with van der Waals surface area (Å²) in [6.07, 6.45) is 0. The van der Waals surface area contributed by atoms with E-state index >= 15 is 0 Å². The van der Waals surface area contributed by atoms with Gasteiger partial charge in [0.2, 0.25) is 5.91 Å². The molecule has 17 heavy (non-hydrogen) atoms. The Bertz CT molecular complexity index is 510. The van der Waals surface area contributed by atoms with Crippen molar-refractivity contribution in [2.24, 2.45) is 5.73 Å². The molecule has 0 spiro atoms. The first-order valence-electron chi connectivity index (χ1n) is 5.51. The summed E-state index contributed by atoms with van der Waals surface area (Å²) < 4.78 is 5.63. The molecule has 0 atom stereocenters. The number of hydrogen-bond acceptors (Lipinski definition) is 3. The largest absolute Gasteiger partial charge is 0.460 e. The average Bonchev–Trinajstić information content (AvgIpc) is 2.69. The summed E-state index contributed by atoms with van der Waals surface area (Å²) in [5, 5.41) is 4.12. The maximum atomic E-state index is 11.1. The zero-order valence-electron chi connectivity index (χ0n) is 9.99. The van der Waals surface area contributed by atoms with Crippen molar-refractivity contribution in [1.29, 1.82) is 0 Å². The molecule has 0 saturated carbocycles. The predicted octanol–water partition coefficient (Wildman–Crippen LogP) is 1.79. The van der Waals surface area contributed by atoms with E-state index in [1.807, 2.05) is 30.3 Å². The molecule has 3 N–H and O–H groups in total. The van der Waals surface area contributed by atoms with E-state index in [1.165, 1.54) is 0 Å². The number of carbonyl (C=O) groups excluding carboxylic acids is 1. The quantitative estimate of drug-likeness (QED) is 0.844. The third kappa shape index (κ3) is 2.47. The van der Waals surface area contributed by atoms with Crippen LogP contribution in [0.5, 0.6) is 0 Å². The van der Waals surface area contributed by atoms with Crippen LogP contribution in [0, 0.1) is 0 Å². The third-order valence-corrected chi connectivity index (χ3v) is 2.80.